The van der Waals surface area contributed by atoms with Gasteiger partial charge >= 0.3 is 0 Å². The molecule has 6 rings (SSSR count). The molecule has 0 fully saturated rings. The number of pyridine rings is 3. The number of hydrogen-bond donors (Lipinski definition) is 2. The van der Waals surface area contributed by atoms with Crippen molar-refractivity contribution in [3.05, 3.63) is 108 Å². The van der Waals surface area contributed by atoms with Gasteiger partial charge in [0, 0.05) is 31.2 Å². The van der Waals surface area contributed by atoms with Gasteiger partial charge in [-0.25, -0.2) is 9.50 Å². The SMILES string of the molecule is CCc1cc2nccc(C#Cc3cnn(C)c3)c2nc1-c1ccccc1.NC(=O)c1c(N)nn2ccccc12. The fraction of sp³-hybridized carbons (Fsp3) is 0.100. The van der Waals surface area contributed by atoms with Crippen LogP contribution in [-0.4, -0.2) is 35.3 Å². The summed E-state index contributed by atoms with van der Waals surface area (Å²) in [7, 11) is 1.88. The summed E-state index contributed by atoms with van der Waals surface area (Å²) in [6.07, 6.45) is 8.06. The lowest BCUT2D eigenvalue weighted by Crippen LogP contribution is -2.12. The molecule has 5 heterocycles. The van der Waals surface area contributed by atoms with E-state index in [1.54, 1.807) is 41.5 Å². The number of anilines is 1. The number of nitrogens with two attached hydrogens (primary N) is 2. The Balaban J connectivity index is 0.000000198. The Hall–Kier alpha value is -5.49. The van der Waals surface area contributed by atoms with E-state index in [-0.39, 0.29) is 11.4 Å². The highest BCUT2D eigenvalue weighted by Gasteiger charge is 2.14. The van der Waals surface area contributed by atoms with Gasteiger partial charge in [0.2, 0.25) is 0 Å². The molecule has 0 bridgehead atoms. The van der Waals surface area contributed by atoms with Gasteiger partial charge in [0.05, 0.1) is 34.1 Å². The first-order chi connectivity index (χ1) is 18.9. The minimum Gasteiger partial charge on any atom is -0.382 e. The molecular weight excluding hydrogens is 488 g/mol. The highest BCUT2D eigenvalue weighted by Crippen LogP contribution is 2.26. The Bertz CT molecular complexity index is 1860. The molecule has 39 heavy (non-hydrogen) atoms. The monoisotopic (exact) mass is 514 g/mol. The number of amides is 1. The van der Waals surface area contributed by atoms with Crippen LogP contribution < -0.4 is 11.5 Å². The maximum absolute atomic E-state index is 11.0. The van der Waals surface area contributed by atoms with Crippen molar-refractivity contribution in [2.24, 2.45) is 12.8 Å². The number of primary amides is 1. The second kappa shape index (κ2) is 10.9. The Morgan fingerprint density at radius 1 is 1.05 bits per heavy atom. The molecule has 1 aromatic carbocycles. The number of aryl methyl sites for hydroxylation is 2. The van der Waals surface area contributed by atoms with Gasteiger partial charge in [0.25, 0.3) is 5.91 Å². The minimum absolute atomic E-state index is 0.165. The molecule has 6 aromatic rings. The molecule has 0 atom stereocenters. The van der Waals surface area contributed by atoms with Gasteiger partial charge in [0.15, 0.2) is 5.82 Å². The number of rotatable bonds is 3. The van der Waals surface area contributed by atoms with Crippen LogP contribution in [-0.2, 0) is 13.5 Å². The Kier molecular flexibility index (Phi) is 7.01. The first kappa shape index (κ1) is 25.2. The van der Waals surface area contributed by atoms with E-state index in [4.69, 9.17) is 16.5 Å². The zero-order chi connectivity index (χ0) is 27.4. The summed E-state index contributed by atoms with van der Waals surface area (Å²) in [6.45, 7) is 2.14. The van der Waals surface area contributed by atoms with Crippen LogP contribution in [0.4, 0.5) is 5.82 Å². The summed E-state index contributed by atoms with van der Waals surface area (Å²) in [6, 6.07) is 19.6. The lowest BCUT2D eigenvalue weighted by molar-refractivity contribution is 0.100. The molecular formula is C30H26N8O. The van der Waals surface area contributed by atoms with Crippen LogP contribution in [0.1, 0.15) is 34.0 Å². The summed E-state index contributed by atoms with van der Waals surface area (Å²) in [5, 5.41) is 8.08. The van der Waals surface area contributed by atoms with Crippen molar-refractivity contribution in [3.63, 3.8) is 0 Å². The third-order valence-electron chi connectivity index (χ3n) is 6.08. The molecule has 0 aliphatic rings. The standard InChI is InChI=1S/C22H18N4.C8H8N4O/c1-3-17-13-20-22(25-21(17)18-7-5-4-6-8-18)19(11-12-23-20)10-9-16-14-24-26(2)15-16;9-7-6(8(10)13)5-3-1-2-4-12(5)11-7/h4-8,11-15H,3H2,1-2H3;1-4H,(H2,9,11)(H2,10,13). The van der Waals surface area contributed by atoms with Gasteiger partial charge < -0.3 is 11.5 Å². The number of hydrogen-bond acceptors (Lipinski definition) is 6. The van der Waals surface area contributed by atoms with Gasteiger partial charge in [-0.15, -0.1) is 5.10 Å². The van der Waals surface area contributed by atoms with Gasteiger partial charge in [-0.2, -0.15) is 5.10 Å². The lowest BCUT2D eigenvalue weighted by atomic mass is 10.0. The van der Waals surface area contributed by atoms with Crippen LogP contribution in [0.5, 0.6) is 0 Å². The first-order valence-electron chi connectivity index (χ1n) is 12.3. The summed E-state index contributed by atoms with van der Waals surface area (Å²) in [5.41, 5.74) is 18.3. The predicted octanol–water partition coefficient (Wildman–Crippen LogP) is 4.01. The van der Waals surface area contributed by atoms with Crippen LogP contribution in [0.15, 0.2) is 85.5 Å². The average molecular weight is 515 g/mol. The van der Waals surface area contributed by atoms with Crippen molar-refractivity contribution in [1.82, 2.24) is 29.4 Å². The highest BCUT2D eigenvalue weighted by molar-refractivity contribution is 6.04. The minimum atomic E-state index is -0.557. The van der Waals surface area contributed by atoms with Gasteiger partial charge in [-0.05, 0) is 36.2 Å². The third kappa shape index (κ3) is 5.31. The van der Waals surface area contributed by atoms with Crippen molar-refractivity contribution < 1.29 is 4.79 Å². The van der Waals surface area contributed by atoms with E-state index < -0.39 is 5.91 Å². The molecule has 0 saturated carbocycles. The van der Waals surface area contributed by atoms with E-state index in [2.05, 4.69) is 52.1 Å². The molecule has 0 unspecified atom stereocenters. The second-order valence-electron chi connectivity index (χ2n) is 8.75. The summed E-state index contributed by atoms with van der Waals surface area (Å²) in [5.74, 6) is 6.00. The number of fused-ring (bicyclic) bond motifs is 2. The van der Waals surface area contributed by atoms with Crippen molar-refractivity contribution in [2.75, 3.05) is 5.73 Å². The third-order valence-corrected chi connectivity index (χ3v) is 6.08. The molecule has 0 spiro atoms. The second-order valence-corrected chi connectivity index (χ2v) is 8.75. The van der Waals surface area contributed by atoms with Gasteiger partial charge in [0.1, 0.15) is 11.1 Å². The van der Waals surface area contributed by atoms with E-state index in [0.717, 1.165) is 39.8 Å². The quantitative estimate of drug-likeness (QED) is 0.343. The van der Waals surface area contributed by atoms with Crippen molar-refractivity contribution in [3.8, 4) is 23.1 Å². The number of nitrogens with zero attached hydrogens (tertiary/aromatic N) is 6. The summed E-state index contributed by atoms with van der Waals surface area (Å²) in [4.78, 5) is 20.4. The van der Waals surface area contributed by atoms with Crippen molar-refractivity contribution in [1.29, 1.82) is 0 Å². The number of carbonyl (C=O) groups excluding carboxylic acids is 1. The first-order valence-corrected chi connectivity index (χ1v) is 12.3. The molecule has 0 radical (unpaired) electrons. The van der Waals surface area contributed by atoms with Gasteiger partial charge in [-0.3, -0.25) is 14.5 Å². The number of nitrogen functional groups attached to an aromatic ring is 1. The summed E-state index contributed by atoms with van der Waals surface area (Å²) < 4.78 is 3.27. The van der Waals surface area contributed by atoms with Crippen LogP contribution in [0.25, 0.3) is 27.8 Å². The van der Waals surface area contributed by atoms with E-state index in [9.17, 15) is 4.79 Å². The molecule has 0 aliphatic heterocycles. The summed E-state index contributed by atoms with van der Waals surface area (Å²) >= 11 is 0. The zero-order valence-corrected chi connectivity index (χ0v) is 21.5. The maximum Gasteiger partial charge on any atom is 0.254 e. The fourth-order valence-electron chi connectivity index (χ4n) is 4.22. The van der Waals surface area contributed by atoms with Crippen LogP contribution in [0, 0.1) is 11.8 Å². The number of carbonyl (C=O) groups is 1. The molecule has 192 valence electrons. The topological polar surface area (TPSA) is 130 Å². The van der Waals surface area contributed by atoms with E-state index >= 15 is 0 Å². The largest absolute Gasteiger partial charge is 0.382 e. The fourth-order valence-corrected chi connectivity index (χ4v) is 4.22. The van der Waals surface area contributed by atoms with Crippen LogP contribution >= 0.6 is 0 Å². The predicted molar refractivity (Wildman–Crippen MR) is 152 cm³/mol. The van der Waals surface area contributed by atoms with E-state index in [0.29, 0.717) is 5.52 Å². The molecule has 9 nitrogen and oxygen atoms in total. The van der Waals surface area contributed by atoms with E-state index in [1.165, 1.54) is 10.1 Å². The van der Waals surface area contributed by atoms with E-state index in [1.807, 2.05) is 37.5 Å². The lowest BCUT2D eigenvalue weighted by Gasteiger charge is -2.10. The van der Waals surface area contributed by atoms with Crippen molar-refractivity contribution in [2.45, 2.75) is 13.3 Å². The Labute approximate surface area is 225 Å². The average Bonchev–Trinajstić information content (AvgIpc) is 3.53. The normalized spacial score (nSPS) is 10.5. The Morgan fingerprint density at radius 2 is 1.85 bits per heavy atom. The molecule has 0 saturated heterocycles. The zero-order valence-electron chi connectivity index (χ0n) is 21.5. The smallest absolute Gasteiger partial charge is 0.254 e. The molecule has 4 N–H and O–H groups in total. The molecule has 1 amide bonds. The number of benzene rings is 1. The van der Waals surface area contributed by atoms with Gasteiger partial charge in [-0.1, -0.05) is 55.2 Å². The van der Waals surface area contributed by atoms with Crippen LogP contribution in [0.2, 0.25) is 0 Å². The van der Waals surface area contributed by atoms with Crippen molar-refractivity contribution >= 4 is 28.3 Å². The molecule has 9 heteroatoms. The molecule has 0 aliphatic carbocycles. The molecule has 5 aromatic heterocycles. The highest BCUT2D eigenvalue weighted by atomic mass is 16.1. The maximum atomic E-state index is 11.0. The number of aromatic nitrogens is 6. The Morgan fingerprint density at radius 3 is 2.56 bits per heavy atom. The van der Waals surface area contributed by atoms with Crippen LogP contribution in [0.3, 0.4) is 0 Å².